The van der Waals surface area contributed by atoms with E-state index in [1.807, 2.05) is 33.3 Å². The highest BCUT2D eigenvalue weighted by Crippen LogP contribution is 2.10. The first-order valence-corrected chi connectivity index (χ1v) is 17.5. The van der Waals surface area contributed by atoms with Crippen LogP contribution >= 0.6 is 0 Å². The molecule has 0 aliphatic carbocycles. The monoisotopic (exact) mass is 658 g/mol. The van der Waals surface area contributed by atoms with Crippen LogP contribution in [0, 0.1) is 0 Å². The molecule has 0 saturated heterocycles. The highest BCUT2D eigenvalue weighted by atomic mass is 16.6. The van der Waals surface area contributed by atoms with E-state index in [1.165, 1.54) is 0 Å². The van der Waals surface area contributed by atoms with Crippen LogP contribution < -0.4 is 0 Å². The van der Waals surface area contributed by atoms with Gasteiger partial charge in [-0.05, 0) is 64.2 Å². The second-order valence-corrected chi connectivity index (χ2v) is 12.4. The quantitative estimate of drug-likeness (QED) is 0.0373. The van der Waals surface area contributed by atoms with Gasteiger partial charge in [-0.3, -0.25) is 9.59 Å². The largest absolute Gasteiger partial charge is 0.477 e. The maximum Gasteiger partial charge on any atom is 0.362 e. The standard InChI is InChI=1S/C39H63NO7/c1-6-8-10-12-14-15-16-17-18-19-20-21-22-24-25-27-29-37(41)46-34-35(33-45-32-31-36(39(43)44)40(3,4)5)47-38(42)30-28-26-23-13-11-9-7-2/h8-11,14-15,17-18,20-21,23,26,35-36H,6-7,12-13,16,19,22,24-25,27-34H2,1-5H3/p+1/b10-8+,11-9+,15-14+,18-17+,21-20+,26-23+. The topological polar surface area (TPSA) is 99.1 Å². The number of hydrogen-bond acceptors (Lipinski definition) is 6. The number of carboxylic acids is 1. The molecule has 0 amide bonds. The highest BCUT2D eigenvalue weighted by Gasteiger charge is 2.31. The lowest BCUT2D eigenvalue weighted by atomic mass is 10.1. The summed E-state index contributed by atoms with van der Waals surface area (Å²) in [5, 5.41) is 9.54. The van der Waals surface area contributed by atoms with Gasteiger partial charge < -0.3 is 23.8 Å². The van der Waals surface area contributed by atoms with E-state index in [2.05, 4.69) is 74.6 Å². The lowest BCUT2D eigenvalue weighted by Crippen LogP contribution is -2.50. The third-order valence-corrected chi connectivity index (χ3v) is 7.11. The smallest absolute Gasteiger partial charge is 0.362 e. The van der Waals surface area contributed by atoms with E-state index in [4.69, 9.17) is 14.2 Å². The predicted molar refractivity (Wildman–Crippen MR) is 192 cm³/mol. The summed E-state index contributed by atoms with van der Waals surface area (Å²) in [6, 6.07) is -0.629. The van der Waals surface area contributed by atoms with Crippen LogP contribution in [0.4, 0.5) is 0 Å². The average Bonchev–Trinajstić information content (AvgIpc) is 3.01. The number of unbranched alkanes of at least 4 members (excludes halogenated alkanes) is 3. The van der Waals surface area contributed by atoms with Crippen molar-refractivity contribution < 1.29 is 38.2 Å². The average molecular weight is 659 g/mol. The van der Waals surface area contributed by atoms with Gasteiger partial charge in [0.05, 0.1) is 34.4 Å². The molecule has 1 N–H and O–H groups in total. The van der Waals surface area contributed by atoms with Crippen molar-refractivity contribution in [3.63, 3.8) is 0 Å². The molecule has 8 heteroatoms. The van der Waals surface area contributed by atoms with Crippen LogP contribution in [0.1, 0.15) is 104 Å². The Balaban J connectivity index is 4.49. The minimum absolute atomic E-state index is 0.0228. The van der Waals surface area contributed by atoms with Crippen molar-refractivity contribution in [3.05, 3.63) is 72.9 Å². The number of quaternary nitrogens is 1. The van der Waals surface area contributed by atoms with Crippen molar-refractivity contribution in [2.75, 3.05) is 41.0 Å². The molecule has 47 heavy (non-hydrogen) atoms. The molecule has 0 saturated carbocycles. The molecule has 2 unspecified atom stereocenters. The first kappa shape index (κ1) is 43.8. The van der Waals surface area contributed by atoms with Gasteiger partial charge in [0.15, 0.2) is 12.1 Å². The predicted octanol–water partition coefficient (Wildman–Crippen LogP) is 8.46. The molecule has 0 aromatic heterocycles. The number of rotatable bonds is 29. The van der Waals surface area contributed by atoms with Crippen LogP contribution in [0.3, 0.4) is 0 Å². The summed E-state index contributed by atoms with van der Waals surface area (Å²) in [4.78, 5) is 36.5. The Morgan fingerprint density at radius 1 is 0.638 bits per heavy atom. The van der Waals surface area contributed by atoms with E-state index >= 15 is 0 Å². The molecule has 266 valence electrons. The Labute approximate surface area is 285 Å². The zero-order chi connectivity index (χ0) is 35.0. The third-order valence-electron chi connectivity index (χ3n) is 7.11. The fourth-order valence-corrected chi connectivity index (χ4v) is 4.43. The number of carbonyl (C=O) groups is 3. The Kier molecular flexibility index (Phi) is 28.1. The second kappa shape index (κ2) is 30.1. The lowest BCUT2D eigenvalue weighted by molar-refractivity contribution is -0.887. The van der Waals surface area contributed by atoms with Gasteiger partial charge >= 0.3 is 17.9 Å². The minimum atomic E-state index is -0.894. The first-order chi connectivity index (χ1) is 22.6. The molecule has 0 rings (SSSR count). The number of allylic oxidation sites excluding steroid dienone is 12. The zero-order valence-electron chi connectivity index (χ0n) is 29.9. The summed E-state index contributed by atoms with van der Waals surface area (Å²) in [6.45, 7) is 4.33. The lowest BCUT2D eigenvalue weighted by Gasteiger charge is -2.31. The van der Waals surface area contributed by atoms with Gasteiger partial charge in [0.25, 0.3) is 0 Å². The van der Waals surface area contributed by atoms with Gasteiger partial charge in [0.1, 0.15) is 6.61 Å². The van der Waals surface area contributed by atoms with E-state index in [-0.39, 0.29) is 36.7 Å². The molecule has 0 spiro atoms. The number of likely N-dealkylation sites (N-methyl/N-ethyl adjacent to an activating group) is 1. The molecule has 0 fully saturated rings. The summed E-state index contributed by atoms with van der Waals surface area (Å²) >= 11 is 0. The van der Waals surface area contributed by atoms with E-state index in [0.29, 0.717) is 19.3 Å². The van der Waals surface area contributed by atoms with Gasteiger partial charge in [0.2, 0.25) is 0 Å². The number of ether oxygens (including phenoxy) is 3. The maximum atomic E-state index is 12.5. The van der Waals surface area contributed by atoms with Crippen molar-refractivity contribution >= 4 is 17.9 Å². The van der Waals surface area contributed by atoms with E-state index < -0.39 is 24.1 Å². The van der Waals surface area contributed by atoms with Gasteiger partial charge in [-0.2, -0.15) is 0 Å². The minimum Gasteiger partial charge on any atom is -0.477 e. The fourth-order valence-electron chi connectivity index (χ4n) is 4.43. The molecule has 2 atom stereocenters. The van der Waals surface area contributed by atoms with Crippen LogP contribution in [0.15, 0.2) is 72.9 Å². The number of hydrogen-bond donors (Lipinski definition) is 1. The normalized spacial score (nSPS) is 14.0. The van der Waals surface area contributed by atoms with Gasteiger partial charge in [-0.25, -0.2) is 4.79 Å². The second-order valence-electron chi connectivity index (χ2n) is 12.4. The van der Waals surface area contributed by atoms with Crippen LogP contribution in [-0.2, 0) is 28.6 Å². The van der Waals surface area contributed by atoms with E-state index in [1.54, 1.807) is 0 Å². The summed E-state index contributed by atoms with van der Waals surface area (Å²) < 4.78 is 17.0. The van der Waals surface area contributed by atoms with Crippen molar-refractivity contribution in [2.45, 2.75) is 116 Å². The Morgan fingerprint density at radius 2 is 1.17 bits per heavy atom. The zero-order valence-corrected chi connectivity index (χ0v) is 29.9. The Morgan fingerprint density at radius 3 is 1.70 bits per heavy atom. The third kappa shape index (κ3) is 28.7. The summed E-state index contributed by atoms with van der Waals surface area (Å²) in [6.07, 6.45) is 35.6. The number of carboxylic acid groups (broad SMARTS) is 1. The Bertz CT molecular complexity index is 1000. The van der Waals surface area contributed by atoms with Crippen molar-refractivity contribution in [3.8, 4) is 0 Å². The van der Waals surface area contributed by atoms with Crippen LogP contribution in [0.25, 0.3) is 0 Å². The maximum absolute atomic E-state index is 12.5. The van der Waals surface area contributed by atoms with Crippen molar-refractivity contribution in [1.29, 1.82) is 0 Å². The number of carbonyl (C=O) groups excluding carboxylic acids is 2. The number of esters is 2. The summed E-state index contributed by atoms with van der Waals surface area (Å²) in [7, 11) is 5.46. The molecule has 8 nitrogen and oxygen atoms in total. The molecule has 0 heterocycles. The summed E-state index contributed by atoms with van der Waals surface area (Å²) in [5.41, 5.74) is 0. The number of aliphatic carboxylic acids is 1. The van der Waals surface area contributed by atoms with Crippen molar-refractivity contribution in [1.82, 2.24) is 0 Å². The van der Waals surface area contributed by atoms with Gasteiger partial charge in [0, 0.05) is 19.3 Å². The molecule has 0 aliphatic rings. The molecule has 0 aromatic rings. The van der Waals surface area contributed by atoms with Crippen LogP contribution in [-0.4, -0.2) is 80.6 Å². The number of nitrogens with zero attached hydrogens (tertiary/aromatic N) is 1. The van der Waals surface area contributed by atoms with Crippen molar-refractivity contribution in [2.24, 2.45) is 0 Å². The SMILES string of the molecule is CC/C=C/C/C=C/C/C=C/C/C=C/CCCCCC(=O)OCC(COCCC(C(=O)O)[N+](C)(C)C)OC(=O)CC/C=C/C/C=C/CC. The van der Waals surface area contributed by atoms with Gasteiger partial charge in [-0.15, -0.1) is 0 Å². The van der Waals surface area contributed by atoms with Crippen LogP contribution in [0.2, 0.25) is 0 Å². The molecular weight excluding hydrogens is 594 g/mol. The molecule has 0 aliphatic heterocycles. The molecule has 0 aromatic carbocycles. The molecule has 0 bridgehead atoms. The molecular formula is C39H64NO7+. The summed E-state index contributed by atoms with van der Waals surface area (Å²) in [5.74, 6) is -1.62. The highest BCUT2D eigenvalue weighted by molar-refractivity contribution is 5.72. The van der Waals surface area contributed by atoms with Gasteiger partial charge in [-0.1, -0.05) is 93.2 Å². The molecule has 0 radical (unpaired) electrons. The fraction of sp³-hybridized carbons (Fsp3) is 0.615. The Hall–Kier alpha value is -3.23. The van der Waals surface area contributed by atoms with Crippen LogP contribution in [0.5, 0.6) is 0 Å². The van der Waals surface area contributed by atoms with E-state index in [9.17, 15) is 19.5 Å². The first-order valence-electron chi connectivity index (χ1n) is 17.5. The van der Waals surface area contributed by atoms with E-state index in [0.717, 1.165) is 64.2 Å².